The van der Waals surface area contributed by atoms with Crippen LogP contribution < -0.4 is 14.8 Å². The first-order valence-electron chi connectivity index (χ1n) is 5.90. The van der Waals surface area contributed by atoms with Crippen LogP contribution in [0.15, 0.2) is 18.2 Å². The Balaban J connectivity index is 2.13. The topological polar surface area (TPSA) is 49.0 Å². The van der Waals surface area contributed by atoms with Crippen LogP contribution in [0.5, 0.6) is 11.5 Å². The molecule has 0 atom stereocenters. The Kier molecular flexibility index (Phi) is 4.41. The van der Waals surface area contributed by atoms with E-state index in [9.17, 15) is 0 Å². The normalized spacial score (nSPS) is 23.7. The average molecular weight is 253 g/mol. The summed E-state index contributed by atoms with van der Waals surface area (Å²) in [5.74, 6) is 1.46. The molecule has 1 saturated heterocycles. The Labute approximate surface area is 107 Å². The highest BCUT2D eigenvalue weighted by Gasteiger charge is 2.23. The van der Waals surface area contributed by atoms with E-state index >= 15 is 0 Å². The Morgan fingerprint density at radius 1 is 1.06 bits per heavy atom. The van der Waals surface area contributed by atoms with Crippen molar-refractivity contribution in [3.63, 3.8) is 0 Å². The zero-order valence-corrected chi connectivity index (χ0v) is 10.9. The van der Waals surface area contributed by atoms with E-state index in [0.29, 0.717) is 13.2 Å². The van der Waals surface area contributed by atoms with Gasteiger partial charge in [-0.05, 0) is 19.2 Å². The first-order chi connectivity index (χ1) is 8.76. The molecule has 1 heterocycles. The Bertz CT molecular complexity index is 366. The molecule has 1 aromatic rings. The molecule has 0 amide bonds. The summed E-state index contributed by atoms with van der Waals surface area (Å²) in [4.78, 5) is 0. The summed E-state index contributed by atoms with van der Waals surface area (Å²) in [5, 5.41) is 3.12. The number of nitrogens with one attached hydrogen (secondary N) is 1. The van der Waals surface area contributed by atoms with E-state index in [1.165, 1.54) is 0 Å². The smallest absolute Gasteiger partial charge is 0.184 e. The molecule has 2 rings (SSSR count). The predicted octanol–water partition coefficient (Wildman–Crippen LogP) is 1.34. The molecular formula is C13H19NO4. The van der Waals surface area contributed by atoms with Crippen LogP contribution in [0.4, 0.5) is 0 Å². The lowest BCUT2D eigenvalue weighted by Gasteiger charge is -2.29. The first kappa shape index (κ1) is 13.1. The molecule has 0 unspecified atom stereocenters. The van der Waals surface area contributed by atoms with Gasteiger partial charge in [-0.3, -0.25) is 0 Å². The maximum atomic E-state index is 5.67. The molecule has 18 heavy (non-hydrogen) atoms. The Morgan fingerprint density at radius 2 is 1.61 bits per heavy atom. The average Bonchev–Trinajstić information content (AvgIpc) is 2.46. The molecule has 0 spiro atoms. The third kappa shape index (κ3) is 2.93. The van der Waals surface area contributed by atoms with Gasteiger partial charge in [0, 0.05) is 11.6 Å². The third-order valence-corrected chi connectivity index (χ3v) is 2.95. The van der Waals surface area contributed by atoms with Crippen LogP contribution in [0.1, 0.15) is 11.9 Å². The molecule has 5 nitrogen and oxygen atoms in total. The van der Waals surface area contributed by atoms with E-state index in [4.69, 9.17) is 18.9 Å². The van der Waals surface area contributed by atoms with E-state index in [0.717, 1.165) is 17.1 Å². The number of methoxy groups -OCH3 is 2. The molecule has 1 aromatic carbocycles. The number of benzene rings is 1. The number of ether oxygens (including phenoxy) is 4. The summed E-state index contributed by atoms with van der Waals surface area (Å²) in [7, 11) is 5.14. The van der Waals surface area contributed by atoms with Gasteiger partial charge in [-0.15, -0.1) is 0 Å². The molecule has 100 valence electrons. The van der Waals surface area contributed by atoms with Gasteiger partial charge in [-0.25, -0.2) is 0 Å². The molecule has 1 fully saturated rings. The van der Waals surface area contributed by atoms with Gasteiger partial charge >= 0.3 is 0 Å². The van der Waals surface area contributed by atoms with Crippen LogP contribution >= 0.6 is 0 Å². The highest BCUT2D eigenvalue weighted by atomic mass is 16.7. The van der Waals surface area contributed by atoms with Crippen molar-refractivity contribution in [1.82, 2.24) is 5.32 Å². The van der Waals surface area contributed by atoms with Crippen molar-refractivity contribution in [2.24, 2.45) is 0 Å². The maximum Gasteiger partial charge on any atom is 0.184 e. The number of likely N-dealkylation sites (N-methyl/N-ethyl adjacent to an activating group) is 1. The van der Waals surface area contributed by atoms with Crippen LogP contribution in [0, 0.1) is 0 Å². The summed E-state index contributed by atoms with van der Waals surface area (Å²) in [6, 6.07) is 5.86. The van der Waals surface area contributed by atoms with Gasteiger partial charge in [0.15, 0.2) is 6.29 Å². The molecule has 0 saturated carbocycles. The standard InChI is InChI=1S/C13H19NO4/c1-14-10-7-17-13(18-8-10)9-4-11(15-2)6-12(5-9)16-3/h4-6,10,13-14H,7-8H2,1-3H3. The van der Waals surface area contributed by atoms with Crippen molar-refractivity contribution in [2.45, 2.75) is 12.3 Å². The maximum absolute atomic E-state index is 5.67. The summed E-state index contributed by atoms with van der Waals surface area (Å²) < 4.78 is 21.8. The number of hydrogen-bond donors (Lipinski definition) is 1. The van der Waals surface area contributed by atoms with Gasteiger partial charge < -0.3 is 24.3 Å². The molecular weight excluding hydrogens is 234 g/mol. The summed E-state index contributed by atoms with van der Waals surface area (Å²) in [5.41, 5.74) is 0.903. The zero-order chi connectivity index (χ0) is 13.0. The molecule has 0 radical (unpaired) electrons. The van der Waals surface area contributed by atoms with Gasteiger partial charge in [0.25, 0.3) is 0 Å². The summed E-state index contributed by atoms with van der Waals surface area (Å²) in [6.45, 7) is 1.25. The van der Waals surface area contributed by atoms with Gasteiger partial charge in [-0.1, -0.05) is 0 Å². The minimum atomic E-state index is -0.362. The van der Waals surface area contributed by atoms with Crippen molar-refractivity contribution in [1.29, 1.82) is 0 Å². The first-order valence-corrected chi connectivity index (χ1v) is 5.90. The Morgan fingerprint density at radius 3 is 2.06 bits per heavy atom. The molecule has 0 bridgehead atoms. The van der Waals surface area contributed by atoms with Crippen LogP contribution in [-0.4, -0.2) is 40.5 Å². The fourth-order valence-electron chi connectivity index (χ4n) is 1.83. The van der Waals surface area contributed by atoms with Gasteiger partial charge in [-0.2, -0.15) is 0 Å². The van der Waals surface area contributed by atoms with Gasteiger partial charge in [0.05, 0.1) is 33.5 Å². The summed E-state index contributed by atoms with van der Waals surface area (Å²) in [6.07, 6.45) is -0.362. The second kappa shape index (κ2) is 6.04. The predicted molar refractivity (Wildman–Crippen MR) is 67.0 cm³/mol. The molecule has 1 N–H and O–H groups in total. The van der Waals surface area contributed by atoms with Crippen molar-refractivity contribution in [3.8, 4) is 11.5 Å². The molecule has 1 aliphatic rings. The fourth-order valence-corrected chi connectivity index (χ4v) is 1.83. The van der Waals surface area contributed by atoms with Crippen LogP contribution in [-0.2, 0) is 9.47 Å². The van der Waals surface area contributed by atoms with Crippen molar-refractivity contribution in [3.05, 3.63) is 23.8 Å². The highest BCUT2D eigenvalue weighted by molar-refractivity contribution is 5.39. The summed E-state index contributed by atoms with van der Waals surface area (Å²) >= 11 is 0. The van der Waals surface area contributed by atoms with E-state index < -0.39 is 0 Å². The van der Waals surface area contributed by atoms with Crippen LogP contribution in [0.2, 0.25) is 0 Å². The van der Waals surface area contributed by atoms with Crippen molar-refractivity contribution < 1.29 is 18.9 Å². The number of hydrogen-bond acceptors (Lipinski definition) is 5. The molecule has 5 heteroatoms. The molecule has 0 aliphatic carbocycles. The minimum absolute atomic E-state index is 0.244. The minimum Gasteiger partial charge on any atom is -0.497 e. The van der Waals surface area contributed by atoms with Crippen LogP contribution in [0.3, 0.4) is 0 Å². The van der Waals surface area contributed by atoms with E-state index in [1.807, 2.05) is 25.2 Å². The van der Waals surface area contributed by atoms with E-state index in [1.54, 1.807) is 14.2 Å². The van der Waals surface area contributed by atoms with E-state index in [-0.39, 0.29) is 12.3 Å². The quantitative estimate of drug-likeness (QED) is 0.877. The SMILES string of the molecule is CNC1COC(c2cc(OC)cc(OC)c2)OC1. The van der Waals surface area contributed by atoms with Gasteiger partial charge in [0.2, 0.25) is 0 Å². The number of rotatable bonds is 4. The monoisotopic (exact) mass is 253 g/mol. The van der Waals surface area contributed by atoms with Crippen molar-refractivity contribution >= 4 is 0 Å². The van der Waals surface area contributed by atoms with Crippen molar-refractivity contribution in [2.75, 3.05) is 34.5 Å². The highest BCUT2D eigenvalue weighted by Crippen LogP contribution is 2.30. The zero-order valence-electron chi connectivity index (χ0n) is 10.9. The second-order valence-corrected chi connectivity index (χ2v) is 4.13. The van der Waals surface area contributed by atoms with Crippen LogP contribution in [0.25, 0.3) is 0 Å². The lowest BCUT2D eigenvalue weighted by molar-refractivity contribution is -0.193. The van der Waals surface area contributed by atoms with E-state index in [2.05, 4.69) is 5.32 Å². The molecule has 0 aromatic heterocycles. The second-order valence-electron chi connectivity index (χ2n) is 4.13. The third-order valence-electron chi connectivity index (χ3n) is 2.95. The molecule has 1 aliphatic heterocycles. The lowest BCUT2D eigenvalue weighted by Crippen LogP contribution is -2.40. The van der Waals surface area contributed by atoms with Gasteiger partial charge in [0.1, 0.15) is 11.5 Å². The Hall–Kier alpha value is -1.30. The lowest BCUT2D eigenvalue weighted by atomic mass is 10.1. The largest absolute Gasteiger partial charge is 0.497 e. The fraction of sp³-hybridized carbons (Fsp3) is 0.538.